The second kappa shape index (κ2) is 43.7. The molecule has 0 fully saturated rings. The number of ether oxygens (including phenoxy) is 12. The highest BCUT2D eigenvalue weighted by molar-refractivity contribution is 7.13. The van der Waals surface area contributed by atoms with E-state index < -0.39 is 60.3 Å². The van der Waals surface area contributed by atoms with Gasteiger partial charge < -0.3 is 73.4 Å². The summed E-state index contributed by atoms with van der Waals surface area (Å²) in [5, 5.41) is 5.29. The van der Waals surface area contributed by atoms with E-state index in [4.69, 9.17) is 53.1 Å². The number of carbonyl (C=O) groups excluding carboxylic acids is 4. The van der Waals surface area contributed by atoms with E-state index in [1.54, 1.807) is 16.2 Å². The van der Waals surface area contributed by atoms with Crippen molar-refractivity contribution in [2.24, 2.45) is 10.7 Å². The number of benzene rings is 1. The summed E-state index contributed by atoms with van der Waals surface area (Å²) in [5.74, 6) is -10.5. The number of aliphatic imine (C=N–C) groups is 1. The molecule has 82 heavy (non-hydrogen) atoms. The molecule has 1 aromatic carbocycles. The van der Waals surface area contributed by atoms with Gasteiger partial charge in [-0.25, -0.2) is 13.8 Å². The van der Waals surface area contributed by atoms with Gasteiger partial charge >= 0.3 is 12.3 Å². The first-order chi connectivity index (χ1) is 39.6. The molecule has 4 N–H and O–H groups in total. The summed E-state index contributed by atoms with van der Waals surface area (Å²) in [6.07, 6.45) is 1.33. The lowest BCUT2D eigenvalue weighted by Gasteiger charge is -2.23. The number of nitrogens with zero attached hydrogens (tertiary/aromatic N) is 2. The number of halogens is 7. The number of rotatable bonds is 49. The summed E-state index contributed by atoms with van der Waals surface area (Å²) in [4.78, 5) is 57.3. The van der Waals surface area contributed by atoms with E-state index in [2.05, 4.69) is 25.1 Å². The van der Waals surface area contributed by atoms with Crippen molar-refractivity contribution in [3.63, 3.8) is 0 Å². The van der Waals surface area contributed by atoms with Gasteiger partial charge in [-0.15, -0.1) is 24.5 Å². The van der Waals surface area contributed by atoms with Crippen LogP contribution in [0.1, 0.15) is 68.0 Å². The maximum Gasteiger partial charge on any atom is 0.523 e. The molecule has 3 rings (SSSR count). The number of amides is 3. The van der Waals surface area contributed by atoms with Gasteiger partial charge in [-0.2, -0.15) is 8.78 Å². The lowest BCUT2D eigenvalue weighted by Crippen LogP contribution is -2.37. The van der Waals surface area contributed by atoms with E-state index in [-0.39, 0.29) is 76.8 Å². The Morgan fingerprint density at radius 3 is 1.56 bits per heavy atom. The molecule has 0 bridgehead atoms. The van der Waals surface area contributed by atoms with E-state index >= 15 is 0 Å². The third kappa shape index (κ3) is 33.4. The number of aryl methyl sites for hydroxylation is 1. The van der Waals surface area contributed by atoms with Crippen LogP contribution in [0.25, 0.3) is 6.08 Å². The molecule has 466 valence electrons. The molecular weight excluding hydrogens is 1130 g/mol. The van der Waals surface area contributed by atoms with Crippen LogP contribution >= 0.6 is 11.3 Å². The number of esters is 1. The normalized spacial score (nSPS) is 12.4. The highest BCUT2D eigenvalue weighted by Gasteiger charge is 2.30. The lowest BCUT2D eigenvalue weighted by molar-refractivity contribution is -0.321. The smallest absolute Gasteiger partial charge is 0.420 e. The second-order valence-electron chi connectivity index (χ2n) is 17.7. The average molecular weight is 1210 g/mol. The van der Waals surface area contributed by atoms with Gasteiger partial charge in [0.25, 0.3) is 0 Å². The van der Waals surface area contributed by atoms with Gasteiger partial charge in [0, 0.05) is 55.5 Å². The van der Waals surface area contributed by atoms with Crippen LogP contribution in [0.4, 0.5) is 36.4 Å². The number of amidine groups is 1. The van der Waals surface area contributed by atoms with Crippen LogP contribution in [0.15, 0.2) is 22.7 Å². The number of nitrogens with one attached hydrogen (secondary N) is 2. The van der Waals surface area contributed by atoms with Crippen molar-refractivity contribution in [1.82, 2.24) is 15.5 Å². The fraction of sp³-hybridized carbons (Fsp3) is 0.679. The first-order valence-corrected chi connectivity index (χ1v) is 27.9. The van der Waals surface area contributed by atoms with Gasteiger partial charge in [0.2, 0.25) is 35.1 Å². The van der Waals surface area contributed by atoms with Crippen LogP contribution in [-0.2, 0) is 77.7 Å². The lowest BCUT2D eigenvalue weighted by atomic mass is 10.1. The van der Waals surface area contributed by atoms with E-state index in [9.17, 15) is 49.9 Å². The van der Waals surface area contributed by atoms with Gasteiger partial charge in [-0.05, 0) is 44.2 Å². The number of thiophene rings is 1. The highest BCUT2D eigenvalue weighted by atomic mass is 32.1. The molecule has 0 unspecified atom stereocenters. The highest BCUT2D eigenvalue weighted by Crippen LogP contribution is 2.36. The molecule has 2 aromatic rings. The Kier molecular flexibility index (Phi) is 38.0. The minimum Gasteiger partial charge on any atom is -0.420 e. The number of nitrogens with two attached hydrogens (primary N) is 1. The fourth-order valence-electron chi connectivity index (χ4n) is 7.11. The molecule has 3 amide bonds. The van der Waals surface area contributed by atoms with Crippen molar-refractivity contribution in [3.05, 3.63) is 50.7 Å². The fourth-order valence-corrected chi connectivity index (χ4v) is 8.21. The topological polar surface area (TPSA) is 245 Å². The predicted octanol–water partition coefficient (Wildman–Crippen LogP) is 5.74. The van der Waals surface area contributed by atoms with E-state index in [1.165, 1.54) is 0 Å². The predicted molar refractivity (Wildman–Crippen MR) is 285 cm³/mol. The van der Waals surface area contributed by atoms with Crippen molar-refractivity contribution in [3.8, 4) is 5.75 Å². The van der Waals surface area contributed by atoms with Crippen molar-refractivity contribution >= 4 is 52.6 Å². The quantitative estimate of drug-likeness (QED) is 0.0235. The SMILES string of the molecule is CCCN(CCCNC(=O)COC(F)(F)F)C(=O)C1=Cc2sc(CCCCCNC(=O)CCOCCOCCOCCOCCOCCOCCOCCOCCOCCOCCC(=O)Oc3c(F)c(F)cc(F)c3F)cc2N=C(N)C1. The largest absolute Gasteiger partial charge is 0.523 e. The number of hydrogen-bond donors (Lipinski definition) is 3. The van der Waals surface area contributed by atoms with Gasteiger partial charge in [0.05, 0.1) is 149 Å². The third-order valence-electron chi connectivity index (χ3n) is 11.1. The number of alkyl halides is 3. The Hall–Kier alpha value is -4.92. The Morgan fingerprint density at radius 2 is 1.07 bits per heavy atom. The van der Waals surface area contributed by atoms with Crippen LogP contribution in [0.2, 0.25) is 0 Å². The summed E-state index contributed by atoms with van der Waals surface area (Å²) in [5.41, 5.74) is 7.40. The van der Waals surface area contributed by atoms with Crippen molar-refractivity contribution < 1.29 is 107 Å². The van der Waals surface area contributed by atoms with Gasteiger partial charge in [-0.1, -0.05) is 13.3 Å². The molecule has 1 aliphatic rings. The molecule has 1 aliphatic heterocycles. The standard InChI is InChI=1S/C53H78F7N5O16S/c1-2-12-65(13-6-11-63-47(67)38-80-53(58,59)60)52(69)39-34-44-43(64-45(61)35-39)36-40(82-44)7-4-3-5-10-62-46(66)8-14-70-16-18-72-20-22-74-24-26-76-28-30-78-32-33-79-31-29-77-27-25-75-23-21-73-19-17-71-15-9-48(68)81-51-49(56)41(54)37-42(55)50(51)57/h34,36-37H,2-33,35,38H2,1H3,(H2,61,64)(H,62,66)(H,63,67). The Labute approximate surface area is 476 Å². The first kappa shape index (κ1) is 71.3. The molecular formula is C53H78F7N5O16S. The van der Waals surface area contributed by atoms with Gasteiger partial charge in [0.15, 0.2) is 11.6 Å². The summed E-state index contributed by atoms with van der Waals surface area (Å²) in [6, 6.07) is 1.99. The monoisotopic (exact) mass is 1210 g/mol. The first-order valence-electron chi connectivity index (χ1n) is 27.1. The Morgan fingerprint density at radius 1 is 0.610 bits per heavy atom. The van der Waals surface area contributed by atoms with E-state index in [1.807, 2.05) is 19.1 Å². The number of unbranched alkanes of at least 4 members (excludes halogenated alkanes) is 2. The second-order valence-corrected chi connectivity index (χ2v) is 18.9. The van der Waals surface area contributed by atoms with Crippen molar-refractivity contribution in [1.29, 1.82) is 0 Å². The summed E-state index contributed by atoms with van der Waals surface area (Å²) in [6.45, 7) is 8.60. The van der Waals surface area contributed by atoms with Crippen molar-refractivity contribution in [2.45, 2.75) is 71.1 Å². The molecule has 2 heterocycles. The minimum atomic E-state index is -4.90. The molecule has 21 nitrogen and oxygen atoms in total. The maximum atomic E-state index is 13.6. The molecule has 29 heteroatoms. The van der Waals surface area contributed by atoms with Crippen molar-refractivity contribution in [2.75, 3.05) is 165 Å². The molecule has 1 aromatic heterocycles. The zero-order valence-electron chi connectivity index (χ0n) is 46.3. The summed E-state index contributed by atoms with van der Waals surface area (Å²) < 4.78 is 152. The van der Waals surface area contributed by atoms with Crippen LogP contribution < -0.4 is 21.1 Å². The summed E-state index contributed by atoms with van der Waals surface area (Å²) >= 11 is 1.55. The van der Waals surface area contributed by atoms with Gasteiger partial charge in [-0.3, -0.25) is 23.9 Å². The van der Waals surface area contributed by atoms with E-state index in [0.29, 0.717) is 142 Å². The number of carbonyl (C=O) groups is 4. The molecule has 0 radical (unpaired) electrons. The molecule has 0 atom stereocenters. The van der Waals surface area contributed by atoms with Crippen LogP contribution in [0, 0.1) is 23.3 Å². The third-order valence-corrected chi connectivity index (χ3v) is 12.2. The zero-order valence-corrected chi connectivity index (χ0v) is 47.1. The minimum absolute atomic E-state index is 0.00987. The summed E-state index contributed by atoms with van der Waals surface area (Å²) in [7, 11) is 0. The Bertz CT molecular complexity index is 2190. The van der Waals surface area contributed by atoms with E-state index in [0.717, 1.165) is 35.4 Å². The van der Waals surface area contributed by atoms with Crippen LogP contribution in [0.3, 0.4) is 0 Å². The maximum absolute atomic E-state index is 13.6. The average Bonchev–Trinajstić information content (AvgIpc) is 3.92. The van der Waals surface area contributed by atoms with Crippen LogP contribution in [-0.4, -0.2) is 206 Å². The molecule has 0 spiro atoms. The molecule has 0 saturated carbocycles. The zero-order chi connectivity index (χ0) is 59.6. The number of hydrogen-bond acceptors (Lipinski definition) is 19. The Balaban J connectivity index is 1.02. The molecule has 0 saturated heterocycles. The number of fused-ring (bicyclic) bond motifs is 1. The molecule has 0 aliphatic carbocycles. The van der Waals surface area contributed by atoms with Crippen LogP contribution in [0.5, 0.6) is 5.75 Å². The van der Waals surface area contributed by atoms with Gasteiger partial charge in [0.1, 0.15) is 12.4 Å².